The zero-order valence-electron chi connectivity index (χ0n) is 18.0. The van der Waals surface area contributed by atoms with Gasteiger partial charge in [0.25, 0.3) is 11.8 Å². The van der Waals surface area contributed by atoms with Crippen LogP contribution in [0.4, 0.5) is 10.1 Å². The van der Waals surface area contributed by atoms with E-state index >= 15 is 0 Å². The standard InChI is InChI=1S/C24H26FN3O3/c1-16(2)31-20-10-4-17(5-11-20)21-22(27-14-12-26(3)13-15-27)24(30)28(23(21)29)19-8-6-18(25)7-9-19/h4-11,16H,12-15H2,1-3H3. The Hall–Kier alpha value is -3.19. The highest BCUT2D eigenvalue weighted by molar-refractivity contribution is 6.45. The van der Waals surface area contributed by atoms with Gasteiger partial charge in [-0.15, -0.1) is 0 Å². The molecule has 2 aromatic rings. The molecule has 2 aliphatic rings. The summed E-state index contributed by atoms with van der Waals surface area (Å²) in [5.74, 6) is -0.495. The maximum Gasteiger partial charge on any atom is 0.282 e. The fraction of sp³-hybridized carbons (Fsp3) is 0.333. The lowest BCUT2D eigenvalue weighted by Crippen LogP contribution is -2.46. The first kappa shape index (κ1) is 21.1. The van der Waals surface area contributed by atoms with Crippen molar-refractivity contribution in [1.29, 1.82) is 0 Å². The second kappa shape index (κ2) is 8.51. The Morgan fingerprint density at radius 2 is 1.48 bits per heavy atom. The van der Waals surface area contributed by atoms with Crippen LogP contribution >= 0.6 is 0 Å². The summed E-state index contributed by atoms with van der Waals surface area (Å²) >= 11 is 0. The highest BCUT2D eigenvalue weighted by atomic mass is 19.1. The molecular weight excluding hydrogens is 397 g/mol. The summed E-state index contributed by atoms with van der Waals surface area (Å²) < 4.78 is 19.1. The second-order valence-electron chi connectivity index (χ2n) is 8.13. The van der Waals surface area contributed by atoms with E-state index in [0.29, 0.717) is 41.4 Å². The number of imide groups is 1. The van der Waals surface area contributed by atoms with Gasteiger partial charge in [-0.1, -0.05) is 12.1 Å². The van der Waals surface area contributed by atoms with Crippen LogP contribution in [-0.4, -0.2) is 60.9 Å². The van der Waals surface area contributed by atoms with Crippen LogP contribution in [-0.2, 0) is 9.59 Å². The van der Waals surface area contributed by atoms with Crippen molar-refractivity contribution in [3.63, 3.8) is 0 Å². The van der Waals surface area contributed by atoms with Crippen LogP contribution in [0, 0.1) is 5.82 Å². The number of likely N-dealkylation sites (N-methyl/N-ethyl adjacent to an activating group) is 1. The minimum atomic E-state index is -0.420. The number of hydrogen-bond donors (Lipinski definition) is 0. The van der Waals surface area contributed by atoms with Crippen LogP contribution in [0.25, 0.3) is 5.57 Å². The number of halogens is 1. The number of hydrogen-bond acceptors (Lipinski definition) is 5. The van der Waals surface area contributed by atoms with Gasteiger partial charge in [0.15, 0.2) is 0 Å². The maximum absolute atomic E-state index is 13.5. The monoisotopic (exact) mass is 423 g/mol. The van der Waals surface area contributed by atoms with Gasteiger partial charge in [-0.3, -0.25) is 9.59 Å². The molecule has 2 amide bonds. The second-order valence-corrected chi connectivity index (χ2v) is 8.13. The fourth-order valence-corrected chi connectivity index (χ4v) is 3.90. The van der Waals surface area contributed by atoms with E-state index in [1.54, 1.807) is 0 Å². The van der Waals surface area contributed by atoms with Crippen molar-refractivity contribution in [3.8, 4) is 5.75 Å². The van der Waals surface area contributed by atoms with Crippen LogP contribution in [0.3, 0.4) is 0 Å². The minimum absolute atomic E-state index is 0.0367. The zero-order valence-corrected chi connectivity index (χ0v) is 18.0. The molecule has 4 rings (SSSR count). The molecule has 1 fully saturated rings. The molecule has 0 radical (unpaired) electrons. The summed E-state index contributed by atoms with van der Waals surface area (Å²) in [5.41, 5.74) is 1.79. The molecule has 31 heavy (non-hydrogen) atoms. The number of benzene rings is 2. The first-order chi connectivity index (χ1) is 14.8. The number of amides is 2. The normalized spacial score (nSPS) is 17.8. The highest BCUT2D eigenvalue weighted by Gasteiger charge is 2.42. The van der Waals surface area contributed by atoms with Crippen molar-refractivity contribution in [1.82, 2.24) is 9.80 Å². The number of carbonyl (C=O) groups excluding carboxylic acids is 2. The summed E-state index contributed by atoms with van der Waals surface area (Å²) in [7, 11) is 2.03. The quantitative estimate of drug-likeness (QED) is 0.692. The van der Waals surface area contributed by atoms with E-state index in [-0.39, 0.29) is 12.0 Å². The fourth-order valence-electron chi connectivity index (χ4n) is 3.90. The Labute approximate surface area is 181 Å². The Bertz CT molecular complexity index is 1010. The van der Waals surface area contributed by atoms with Crippen LogP contribution in [0.5, 0.6) is 5.75 Å². The lowest BCUT2D eigenvalue weighted by molar-refractivity contribution is -0.120. The van der Waals surface area contributed by atoms with Crippen LogP contribution in [0.1, 0.15) is 19.4 Å². The molecule has 0 aromatic heterocycles. The summed E-state index contributed by atoms with van der Waals surface area (Å²) in [6.45, 7) is 6.80. The van der Waals surface area contributed by atoms with E-state index in [1.807, 2.05) is 50.1 Å². The Kier molecular flexibility index (Phi) is 5.78. The molecule has 0 aliphatic carbocycles. The van der Waals surface area contributed by atoms with Crippen molar-refractivity contribution < 1.29 is 18.7 Å². The third-order valence-corrected chi connectivity index (χ3v) is 5.48. The van der Waals surface area contributed by atoms with Crippen LogP contribution in [0.2, 0.25) is 0 Å². The SMILES string of the molecule is CC(C)Oc1ccc(C2=C(N3CCN(C)CC3)C(=O)N(c3ccc(F)cc3)C2=O)cc1. The van der Waals surface area contributed by atoms with Crippen LogP contribution < -0.4 is 9.64 Å². The summed E-state index contributed by atoms with van der Waals surface area (Å²) in [6, 6.07) is 12.6. The third kappa shape index (κ3) is 4.18. The van der Waals surface area contributed by atoms with Gasteiger partial charge in [0.2, 0.25) is 0 Å². The van der Waals surface area contributed by atoms with E-state index < -0.39 is 11.7 Å². The van der Waals surface area contributed by atoms with Crippen molar-refractivity contribution in [2.24, 2.45) is 0 Å². The van der Waals surface area contributed by atoms with Crippen molar-refractivity contribution in [2.75, 3.05) is 38.1 Å². The van der Waals surface area contributed by atoms with E-state index in [9.17, 15) is 14.0 Å². The number of anilines is 1. The molecule has 162 valence electrons. The molecule has 0 N–H and O–H groups in total. The summed E-state index contributed by atoms with van der Waals surface area (Å²) in [5, 5.41) is 0. The van der Waals surface area contributed by atoms with E-state index in [1.165, 1.54) is 24.3 Å². The van der Waals surface area contributed by atoms with Gasteiger partial charge in [-0.2, -0.15) is 0 Å². The van der Waals surface area contributed by atoms with Gasteiger partial charge in [0, 0.05) is 26.2 Å². The maximum atomic E-state index is 13.5. The summed E-state index contributed by atoms with van der Waals surface area (Å²) in [4.78, 5) is 32.2. The predicted molar refractivity (Wildman–Crippen MR) is 117 cm³/mol. The number of ether oxygens (including phenoxy) is 1. The largest absolute Gasteiger partial charge is 0.491 e. The third-order valence-electron chi connectivity index (χ3n) is 5.48. The van der Waals surface area contributed by atoms with E-state index in [4.69, 9.17) is 4.74 Å². The molecule has 2 aliphatic heterocycles. The predicted octanol–water partition coefficient (Wildman–Crippen LogP) is 3.14. The molecule has 6 nitrogen and oxygen atoms in total. The lowest BCUT2D eigenvalue weighted by Gasteiger charge is -2.34. The minimum Gasteiger partial charge on any atom is -0.491 e. The number of nitrogens with zero attached hydrogens (tertiary/aromatic N) is 3. The number of rotatable bonds is 5. The van der Waals surface area contributed by atoms with E-state index in [0.717, 1.165) is 18.0 Å². The molecule has 1 saturated heterocycles. The first-order valence-corrected chi connectivity index (χ1v) is 10.4. The molecule has 0 atom stereocenters. The average Bonchev–Trinajstić information content (AvgIpc) is 3.00. The first-order valence-electron chi connectivity index (χ1n) is 10.4. The molecule has 0 saturated carbocycles. The van der Waals surface area contributed by atoms with Gasteiger partial charge in [-0.05, 0) is 62.9 Å². The van der Waals surface area contributed by atoms with Gasteiger partial charge in [-0.25, -0.2) is 9.29 Å². The van der Waals surface area contributed by atoms with Gasteiger partial charge < -0.3 is 14.5 Å². The van der Waals surface area contributed by atoms with E-state index in [2.05, 4.69) is 4.90 Å². The molecule has 2 heterocycles. The van der Waals surface area contributed by atoms with Gasteiger partial charge >= 0.3 is 0 Å². The molecule has 0 unspecified atom stereocenters. The van der Waals surface area contributed by atoms with Crippen molar-refractivity contribution >= 4 is 23.1 Å². The van der Waals surface area contributed by atoms with Crippen molar-refractivity contribution in [3.05, 3.63) is 65.6 Å². The Balaban J connectivity index is 1.75. The number of carbonyl (C=O) groups is 2. The smallest absolute Gasteiger partial charge is 0.282 e. The molecule has 2 aromatic carbocycles. The average molecular weight is 423 g/mol. The molecule has 0 bridgehead atoms. The highest BCUT2D eigenvalue weighted by Crippen LogP contribution is 2.35. The Morgan fingerprint density at radius 3 is 2.06 bits per heavy atom. The Morgan fingerprint density at radius 1 is 0.871 bits per heavy atom. The lowest BCUT2D eigenvalue weighted by atomic mass is 10.0. The zero-order chi connectivity index (χ0) is 22.1. The van der Waals surface area contributed by atoms with Gasteiger partial charge in [0.1, 0.15) is 17.3 Å². The topological polar surface area (TPSA) is 53.1 Å². The van der Waals surface area contributed by atoms with Crippen molar-refractivity contribution in [2.45, 2.75) is 20.0 Å². The molecule has 0 spiro atoms. The van der Waals surface area contributed by atoms with Crippen LogP contribution in [0.15, 0.2) is 54.2 Å². The number of piperazine rings is 1. The summed E-state index contributed by atoms with van der Waals surface area (Å²) in [6.07, 6.45) is 0.0367. The molecular formula is C24H26FN3O3. The van der Waals surface area contributed by atoms with Gasteiger partial charge in [0.05, 0.1) is 17.4 Å². The molecule has 7 heteroatoms.